The Hall–Kier alpha value is -1.78. The van der Waals surface area contributed by atoms with E-state index in [-0.39, 0.29) is 5.91 Å². The third-order valence-corrected chi connectivity index (χ3v) is 3.70. The van der Waals surface area contributed by atoms with Crippen LogP contribution in [0.5, 0.6) is 0 Å². The maximum absolute atomic E-state index is 12.0. The molecule has 0 spiro atoms. The SMILES string of the molecule is CC1C[C@H](C(=O)NCCc2ccco2)[C@H](C(=O)O)C1. The van der Waals surface area contributed by atoms with Gasteiger partial charge in [0, 0.05) is 13.0 Å². The topological polar surface area (TPSA) is 79.5 Å². The highest BCUT2D eigenvalue weighted by Gasteiger charge is 2.40. The lowest BCUT2D eigenvalue weighted by molar-refractivity contribution is -0.146. The molecule has 1 unspecified atom stereocenters. The van der Waals surface area contributed by atoms with Gasteiger partial charge in [0.25, 0.3) is 0 Å². The van der Waals surface area contributed by atoms with E-state index < -0.39 is 17.8 Å². The zero-order valence-corrected chi connectivity index (χ0v) is 11.0. The number of amides is 1. The van der Waals surface area contributed by atoms with Gasteiger partial charge in [-0.1, -0.05) is 6.92 Å². The van der Waals surface area contributed by atoms with Crippen molar-refractivity contribution in [3.8, 4) is 0 Å². The molecule has 5 heteroatoms. The lowest BCUT2D eigenvalue weighted by Gasteiger charge is -2.15. The summed E-state index contributed by atoms with van der Waals surface area (Å²) in [7, 11) is 0. The van der Waals surface area contributed by atoms with Crippen LogP contribution in [0.1, 0.15) is 25.5 Å². The molecule has 19 heavy (non-hydrogen) atoms. The third-order valence-electron chi connectivity index (χ3n) is 3.70. The van der Waals surface area contributed by atoms with E-state index in [1.165, 1.54) is 0 Å². The van der Waals surface area contributed by atoms with E-state index in [1.807, 2.05) is 13.0 Å². The number of carboxylic acid groups (broad SMARTS) is 1. The van der Waals surface area contributed by atoms with Crippen LogP contribution in [0.15, 0.2) is 22.8 Å². The second-order valence-electron chi connectivity index (χ2n) is 5.25. The summed E-state index contributed by atoms with van der Waals surface area (Å²) >= 11 is 0. The number of carbonyl (C=O) groups is 2. The second kappa shape index (κ2) is 5.91. The van der Waals surface area contributed by atoms with Crippen LogP contribution in [0.4, 0.5) is 0 Å². The number of aliphatic carboxylic acids is 1. The van der Waals surface area contributed by atoms with E-state index in [2.05, 4.69) is 5.32 Å². The van der Waals surface area contributed by atoms with Crippen molar-refractivity contribution in [2.75, 3.05) is 6.54 Å². The fourth-order valence-electron chi connectivity index (χ4n) is 2.75. The van der Waals surface area contributed by atoms with Crippen LogP contribution in [0.2, 0.25) is 0 Å². The van der Waals surface area contributed by atoms with Gasteiger partial charge >= 0.3 is 5.97 Å². The Kier molecular flexibility index (Phi) is 4.24. The molecule has 1 aromatic heterocycles. The number of furan rings is 1. The van der Waals surface area contributed by atoms with Gasteiger partial charge in [0.2, 0.25) is 5.91 Å². The van der Waals surface area contributed by atoms with Crippen molar-refractivity contribution >= 4 is 11.9 Å². The van der Waals surface area contributed by atoms with E-state index in [0.29, 0.717) is 31.7 Å². The van der Waals surface area contributed by atoms with Gasteiger partial charge < -0.3 is 14.8 Å². The second-order valence-corrected chi connectivity index (χ2v) is 5.25. The first kappa shape index (κ1) is 13.6. The predicted molar refractivity (Wildman–Crippen MR) is 68.4 cm³/mol. The molecule has 0 bridgehead atoms. The molecule has 3 atom stereocenters. The summed E-state index contributed by atoms with van der Waals surface area (Å²) in [5.74, 6) is -0.849. The van der Waals surface area contributed by atoms with Gasteiger partial charge in [0.15, 0.2) is 0 Å². The van der Waals surface area contributed by atoms with Crippen LogP contribution in [0.25, 0.3) is 0 Å². The highest BCUT2D eigenvalue weighted by Crippen LogP contribution is 2.36. The number of nitrogens with one attached hydrogen (secondary N) is 1. The Bertz CT molecular complexity index is 440. The quantitative estimate of drug-likeness (QED) is 0.849. The standard InChI is InChI=1S/C14H19NO4/c1-9-7-11(12(8-9)14(17)18)13(16)15-5-4-10-3-2-6-19-10/h2-3,6,9,11-12H,4-5,7-8H2,1H3,(H,15,16)(H,17,18)/t9?,11-,12+/m0/s1. The molecule has 2 rings (SSSR count). The van der Waals surface area contributed by atoms with Crippen LogP contribution in [0.3, 0.4) is 0 Å². The van der Waals surface area contributed by atoms with Crippen molar-refractivity contribution in [2.24, 2.45) is 17.8 Å². The molecule has 1 aliphatic carbocycles. The minimum atomic E-state index is -0.865. The molecule has 0 saturated heterocycles. The van der Waals surface area contributed by atoms with Gasteiger partial charge in [0.1, 0.15) is 5.76 Å². The van der Waals surface area contributed by atoms with Crippen molar-refractivity contribution in [3.05, 3.63) is 24.2 Å². The maximum atomic E-state index is 12.0. The Morgan fingerprint density at radius 1 is 1.42 bits per heavy atom. The number of carboxylic acids is 1. The number of hydrogen-bond acceptors (Lipinski definition) is 3. The van der Waals surface area contributed by atoms with E-state index in [9.17, 15) is 9.59 Å². The molecule has 104 valence electrons. The van der Waals surface area contributed by atoms with Gasteiger partial charge in [-0.2, -0.15) is 0 Å². The number of hydrogen-bond donors (Lipinski definition) is 2. The van der Waals surface area contributed by atoms with Crippen molar-refractivity contribution in [1.29, 1.82) is 0 Å². The summed E-state index contributed by atoms with van der Waals surface area (Å²) in [6.45, 7) is 2.47. The largest absolute Gasteiger partial charge is 0.481 e. The normalized spacial score (nSPS) is 26.3. The summed E-state index contributed by atoms with van der Waals surface area (Å²) in [5.41, 5.74) is 0. The van der Waals surface area contributed by atoms with E-state index in [1.54, 1.807) is 12.3 Å². The molecular weight excluding hydrogens is 246 g/mol. The van der Waals surface area contributed by atoms with E-state index in [4.69, 9.17) is 9.52 Å². The first-order valence-electron chi connectivity index (χ1n) is 6.61. The summed E-state index contributed by atoms with van der Waals surface area (Å²) in [6, 6.07) is 3.65. The predicted octanol–water partition coefficient (Wildman–Crippen LogP) is 1.69. The van der Waals surface area contributed by atoms with Crippen LogP contribution < -0.4 is 5.32 Å². The highest BCUT2D eigenvalue weighted by atomic mass is 16.4. The first-order chi connectivity index (χ1) is 9.08. The third kappa shape index (κ3) is 3.36. The molecule has 2 N–H and O–H groups in total. The van der Waals surface area contributed by atoms with Gasteiger partial charge in [-0.05, 0) is 30.9 Å². The Morgan fingerprint density at radius 3 is 2.79 bits per heavy atom. The molecule has 1 heterocycles. The van der Waals surface area contributed by atoms with Crippen molar-refractivity contribution in [3.63, 3.8) is 0 Å². The minimum absolute atomic E-state index is 0.150. The van der Waals surface area contributed by atoms with Gasteiger partial charge in [-0.3, -0.25) is 9.59 Å². The molecule has 0 aliphatic heterocycles. The molecular formula is C14H19NO4. The van der Waals surface area contributed by atoms with Crippen LogP contribution in [-0.4, -0.2) is 23.5 Å². The van der Waals surface area contributed by atoms with Gasteiger partial charge in [-0.25, -0.2) is 0 Å². The average Bonchev–Trinajstić information content (AvgIpc) is 2.98. The summed E-state index contributed by atoms with van der Waals surface area (Å²) in [6.07, 6.45) is 3.46. The monoisotopic (exact) mass is 265 g/mol. The zero-order valence-electron chi connectivity index (χ0n) is 11.0. The average molecular weight is 265 g/mol. The first-order valence-corrected chi connectivity index (χ1v) is 6.61. The summed E-state index contributed by atoms with van der Waals surface area (Å²) in [5, 5.41) is 11.9. The van der Waals surface area contributed by atoms with Crippen LogP contribution >= 0.6 is 0 Å². The fraction of sp³-hybridized carbons (Fsp3) is 0.571. The Balaban J connectivity index is 1.83. The number of carbonyl (C=O) groups excluding carboxylic acids is 1. The molecule has 1 fully saturated rings. The molecule has 1 amide bonds. The lowest BCUT2D eigenvalue weighted by atomic mass is 9.95. The molecule has 1 aromatic rings. The minimum Gasteiger partial charge on any atom is -0.481 e. The summed E-state index contributed by atoms with van der Waals surface area (Å²) < 4.78 is 5.17. The van der Waals surface area contributed by atoms with E-state index in [0.717, 1.165) is 5.76 Å². The molecule has 1 aliphatic rings. The lowest BCUT2D eigenvalue weighted by Crippen LogP contribution is -2.36. The van der Waals surface area contributed by atoms with Crippen LogP contribution in [-0.2, 0) is 16.0 Å². The molecule has 5 nitrogen and oxygen atoms in total. The highest BCUT2D eigenvalue weighted by molar-refractivity contribution is 5.85. The Labute approximate surface area is 112 Å². The Morgan fingerprint density at radius 2 is 2.16 bits per heavy atom. The molecule has 0 aromatic carbocycles. The van der Waals surface area contributed by atoms with Crippen molar-refractivity contribution < 1.29 is 19.1 Å². The van der Waals surface area contributed by atoms with E-state index >= 15 is 0 Å². The maximum Gasteiger partial charge on any atom is 0.307 e. The van der Waals surface area contributed by atoms with Gasteiger partial charge in [0.05, 0.1) is 18.1 Å². The molecule has 0 radical (unpaired) electrons. The molecule has 1 saturated carbocycles. The number of rotatable bonds is 5. The van der Waals surface area contributed by atoms with Crippen molar-refractivity contribution in [2.45, 2.75) is 26.2 Å². The summed E-state index contributed by atoms with van der Waals surface area (Å²) in [4.78, 5) is 23.2. The fourth-order valence-corrected chi connectivity index (χ4v) is 2.75. The van der Waals surface area contributed by atoms with Crippen molar-refractivity contribution in [1.82, 2.24) is 5.32 Å². The zero-order chi connectivity index (χ0) is 13.8. The smallest absolute Gasteiger partial charge is 0.307 e. The van der Waals surface area contributed by atoms with Gasteiger partial charge in [-0.15, -0.1) is 0 Å². The van der Waals surface area contributed by atoms with Crippen LogP contribution in [0, 0.1) is 17.8 Å².